The lowest BCUT2D eigenvalue weighted by molar-refractivity contribution is -0.141. The van der Waals surface area contributed by atoms with Gasteiger partial charge in [-0.2, -0.15) is 0 Å². The van der Waals surface area contributed by atoms with Crippen molar-refractivity contribution in [1.82, 2.24) is 4.98 Å². The molecule has 1 heterocycles. The Kier molecular flexibility index (Phi) is 6.45. The highest BCUT2D eigenvalue weighted by Gasteiger charge is 2.11. The van der Waals surface area contributed by atoms with Crippen molar-refractivity contribution in [2.75, 3.05) is 20.3 Å². The number of hydrogen-bond acceptors (Lipinski definition) is 7. The summed E-state index contributed by atoms with van der Waals surface area (Å²) in [5.74, 6) is -0.773. The Labute approximate surface area is 117 Å². The van der Waals surface area contributed by atoms with Crippen LogP contribution < -0.4 is 10.5 Å². The Morgan fingerprint density at radius 3 is 2.80 bits per heavy atom. The van der Waals surface area contributed by atoms with E-state index in [0.29, 0.717) is 12.5 Å². The van der Waals surface area contributed by atoms with Crippen LogP contribution in [-0.2, 0) is 14.3 Å². The number of ether oxygens (including phenoxy) is 3. The Hall–Kier alpha value is -2.15. The monoisotopic (exact) mass is 282 g/mol. The van der Waals surface area contributed by atoms with E-state index in [-0.39, 0.29) is 24.8 Å². The van der Waals surface area contributed by atoms with Crippen LogP contribution in [0.1, 0.15) is 23.8 Å². The van der Waals surface area contributed by atoms with Crippen molar-refractivity contribution in [2.45, 2.75) is 19.4 Å². The summed E-state index contributed by atoms with van der Waals surface area (Å²) in [5.41, 5.74) is 5.67. The molecule has 0 aliphatic heterocycles. The maximum absolute atomic E-state index is 11.7. The van der Waals surface area contributed by atoms with Gasteiger partial charge in [-0.15, -0.1) is 0 Å². The maximum Gasteiger partial charge on any atom is 0.357 e. The second kappa shape index (κ2) is 8.11. The van der Waals surface area contributed by atoms with Gasteiger partial charge in [-0.3, -0.25) is 4.79 Å². The Bertz CT molecular complexity index is 462. The van der Waals surface area contributed by atoms with Crippen LogP contribution >= 0.6 is 0 Å². The smallest absolute Gasteiger partial charge is 0.357 e. The zero-order valence-electron chi connectivity index (χ0n) is 11.5. The minimum absolute atomic E-state index is 0.00309. The topological polar surface area (TPSA) is 101 Å². The Morgan fingerprint density at radius 2 is 2.15 bits per heavy atom. The van der Waals surface area contributed by atoms with Crippen molar-refractivity contribution >= 4 is 11.9 Å². The maximum atomic E-state index is 11.7. The molecule has 0 saturated carbocycles. The fourth-order valence-electron chi connectivity index (χ4n) is 1.23. The molecule has 1 aromatic heterocycles. The van der Waals surface area contributed by atoms with Crippen molar-refractivity contribution < 1.29 is 23.8 Å². The van der Waals surface area contributed by atoms with Gasteiger partial charge in [0.2, 0.25) is 5.88 Å². The van der Waals surface area contributed by atoms with Crippen LogP contribution in [0, 0.1) is 0 Å². The van der Waals surface area contributed by atoms with E-state index in [1.54, 1.807) is 19.1 Å². The van der Waals surface area contributed by atoms with E-state index < -0.39 is 11.9 Å². The predicted molar refractivity (Wildman–Crippen MR) is 70.3 cm³/mol. The third-order valence-electron chi connectivity index (χ3n) is 2.19. The molecule has 1 unspecified atom stereocenters. The van der Waals surface area contributed by atoms with Gasteiger partial charge in [0.25, 0.3) is 0 Å². The first-order chi connectivity index (χ1) is 9.52. The number of carbonyl (C=O) groups excluding carboxylic acids is 2. The van der Waals surface area contributed by atoms with Crippen LogP contribution in [-0.4, -0.2) is 43.3 Å². The summed E-state index contributed by atoms with van der Waals surface area (Å²) in [6.07, 6.45) is 0.00309. The zero-order valence-corrected chi connectivity index (χ0v) is 11.5. The van der Waals surface area contributed by atoms with Crippen molar-refractivity contribution in [3.8, 4) is 5.88 Å². The number of methoxy groups -OCH3 is 1. The highest BCUT2D eigenvalue weighted by molar-refractivity contribution is 5.87. The number of carbonyl (C=O) groups is 2. The van der Waals surface area contributed by atoms with E-state index in [4.69, 9.17) is 15.2 Å². The first-order valence-corrected chi connectivity index (χ1v) is 6.12. The van der Waals surface area contributed by atoms with Gasteiger partial charge in [0, 0.05) is 12.1 Å². The van der Waals surface area contributed by atoms with Gasteiger partial charge in [0.15, 0.2) is 5.69 Å². The highest BCUT2D eigenvalue weighted by Crippen LogP contribution is 2.09. The van der Waals surface area contributed by atoms with Crippen molar-refractivity contribution in [2.24, 2.45) is 5.73 Å². The van der Waals surface area contributed by atoms with E-state index in [1.165, 1.54) is 13.2 Å². The molecule has 20 heavy (non-hydrogen) atoms. The van der Waals surface area contributed by atoms with Crippen LogP contribution in [0.25, 0.3) is 0 Å². The van der Waals surface area contributed by atoms with Crippen LogP contribution in [0.4, 0.5) is 0 Å². The number of nitrogens with zero attached hydrogens (tertiary/aromatic N) is 1. The molecule has 2 N–H and O–H groups in total. The van der Waals surface area contributed by atoms with Crippen molar-refractivity contribution in [3.63, 3.8) is 0 Å². The Balaban J connectivity index is 2.51. The second-order valence-corrected chi connectivity index (χ2v) is 4.11. The molecule has 0 aromatic carbocycles. The minimum atomic E-state index is -0.625. The second-order valence-electron chi connectivity index (χ2n) is 4.11. The standard InChI is InChI=1S/C13H18N2O5/c1-9(14)8-20-11-5-3-4-10(15-11)13(17)19-7-6-12(16)18-2/h3-5,9H,6-8,14H2,1-2H3. The third-order valence-corrected chi connectivity index (χ3v) is 2.19. The molecule has 0 aliphatic carbocycles. The summed E-state index contributed by atoms with van der Waals surface area (Å²) in [5, 5.41) is 0. The first-order valence-electron chi connectivity index (χ1n) is 6.12. The lowest BCUT2D eigenvalue weighted by Crippen LogP contribution is -2.24. The fourth-order valence-corrected chi connectivity index (χ4v) is 1.23. The molecule has 110 valence electrons. The van der Waals surface area contributed by atoms with Gasteiger partial charge < -0.3 is 19.9 Å². The molecule has 0 saturated heterocycles. The lowest BCUT2D eigenvalue weighted by atomic mass is 10.3. The highest BCUT2D eigenvalue weighted by atomic mass is 16.5. The molecule has 7 heteroatoms. The largest absolute Gasteiger partial charge is 0.476 e. The molecular formula is C13H18N2O5. The number of esters is 2. The summed E-state index contributed by atoms with van der Waals surface area (Å²) in [4.78, 5) is 26.6. The normalized spacial score (nSPS) is 11.6. The molecule has 0 radical (unpaired) electrons. The summed E-state index contributed by atoms with van der Waals surface area (Å²) in [6.45, 7) is 2.04. The molecule has 0 amide bonds. The number of hydrogen-bond donors (Lipinski definition) is 1. The molecule has 0 aliphatic rings. The van der Waals surface area contributed by atoms with Gasteiger partial charge in [0.1, 0.15) is 13.2 Å². The van der Waals surface area contributed by atoms with Gasteiger partial charge >= 0.3 is 11.9 Å². The van der Waals surface area contributed by atoms with Crippen LogP contribution in [0.5, 0.6) is 5.88 Å². The van der Waals surface area contributed by atoms with E-state index in [1.807, 2.05) is 0 Å². The average molecular weight is 282 g/mol. The summed E-state index contributed by atoms with van der Waals surface area (Å²) < 4.78 is 14.6. The van der Waals surface area contributed by atoms with Gasteiger partial charge in [-0.25, -0.2) is 9.78 Å². The van der Waals surface area contributed by atoms with Crippen LogP contribution in [0.15, 0.2) is 18.2 Å². The summed E-state index contributed by atoms with van der Waals surface area (Å²) in [6, 6.07) is 4.61. The number of pyridine rings is 1. The quantitative estimate of drug-likeness (QED) is 0.728. The van der Waals surface area contributed by atoms with Gasteiger partial charge in [0.05, 0.1) is 13.5 Å². The number of nitrogens with two attached hydrogens (primary N) is 1. The van der Waals surface area contributed by atoms with E-state index in [0.717, 1.165) is 0 Å². The average Bonchev–Trinajstić information content (AvgIpc) is 2.45. The Morgan fingerprint density at radius 1 is 1.40 bits per heavy atom. The summed E-state index contributed by atoms with van der Waals surface area (Å²) in [7, 11) is 1.27. The van der Waals surface area contributed by atoms with Gasteiger partial charge in [-0.1, -0.05) is 6.07 Å². The SMILES string of the molecule is COC(=O)CCOC(=O)c1cccc(OCC(C)N)n1. The zero-order chi connectivity index (χ0) is 15.0. The van der Waals surface area contributed by atoms with Crippen molar-refractivity contribution in [1.29, 1.82) is 0 Å². The van der Waals surface area contributed by atoms with Gasteiger partial charge in [-0.05, 0) is 13.0 Å². The third kappa shape index (κ3) is 5.66. The number of aromatic nitrogens is 1. The molecule has 1 atom stereocenters. The fraction of sp³-hybridized carbons (Fsp3) is 0.462. The number of rotatable bonds is 7. The predicted octanol–water partition coefficient (Wildman–Crippen LogP) is 0.527. The molecule has 7 nitrogen and oxygen atoms in total. The minimum Gasteiger partial charge on any atom is -0.476 e. The van der Waals surface area contributed by atoms with E-state index in [9.17, 15) is 9.59 Å². The molecular weight excluding hydrogens is 264 g/mol. The first kappa shape index (κ1) is 15.9. The van der Waals surface area contributed by atoms with E-state index >= 15 is 0 Å². The van der Waals surface area contributed by atoms with Crippen LogP contribution in [0.2, 0.25) is 0 Å². The molecule has 0 spiro atoms. The molecule has 1 rings (SSSR count). The summed E-state index contributed by atoms with van der Waals surface area (Å²) >= 11 is 0. The lowest BCUT2D eigenvalue weighted by Gasteiger charge is -2.08. The molecule has 0 fully saturated rings. The molecule has 0 bridgehead atoms. The van der Waals surface area contributed by atoms with Crippen molar-refractivity contribution in [3.05, 3.63) is 23.9 Å². The molecule has 1 aromatic rings. The van der Waals surface area contributed by atoms with Crippen LogP contribution in [0.3, 0.4) is 0 Å². The van der Waals surface area contributed by atoms with E-state index in [2.05, 4.69) is 9.72 Å².